The van der Waals surface area contributed by atoms with Gasteiger partial charge in [0.05, 0.1) is 11.8 Å². The van der Waals surface area contributed by atoms with Gasteiger partial charge in [0.25, 0.3) is 5.91 Å². The molecule has 2 atom stereocenters. The molecule has 0 unspecified atom stereocenters. The number of anilines is 1. The maximum Gasteiger partial charge on any atom is 0.262 e. The van der Waals surface area contributed by atoms with Crippen molar-refractivity contribution in [3.63, 3.8) is 0 Å². The summed E-state index contributed by atoms with van der Waals surface area (Å²) < 4.78 is 13.6. The van der Waals surface area contributed by atoms with Gasteiger partial charge in [0.2, 0.25) is 5.91 Å². The van der Waals surface area contributed by atoms with Crippen molar-refractivity contribution in [1.29, 1.82) is 0 Å². The Kier molecular flexibility index (Phi) is 6.69. The number of amides is 2. The molecular formula is C28H25FN4O2S. The van der Waals surface area contributed by atoms with Crippen molar-refractivity contribution in [3.05, 3.63) is 101 Å². The van der Waals surface area contributed by atoms with Gasteiger partial charge in [-0.15, -0.1) is 0 Å². The lowest BCUT2D eigenvalue weighted by molar-refractivity contribution is -0.121. The van der Waals surface area contributed by atoms with Crippen LogP contribution in [-0.4, -0.2) is 33.0 Å². The Morgan fingerprint density at radius 2 is 1.75 bits per heavy atom. The maximum absolute atomic E-state index is 13.6. The minimum atomic E-state index is -0.629. The molecule has 0 saturated carbocycles. The van der Waals surface area contributed by atoms with E-state index < -0.39 is 5.25 Å². The van der Waals surface area contributed by atoms with E-state index in [1.54, 1.807) is 17.1 Å². The van der Waals surface area contributed by atoms with Crippen LogP contribution in [0.1, 0.15) is 41.1 Å². The van der Waals surface area contributed by atoms with E-state index in [2.05, 4.69) is 10.3 Å². The van der Waals surface area contributed by atoms with Gasteiger partial charge in [0.15, 0.2) is 5.17 Å². The van der Waals surface area contributed by atoms with Crippen LogP contribution in [0.3, 0.4) is 0 Å². The fraction of sp³-hybridized carbons (Fsp3) is 0.214. The van der Waals surface area contributed by atoms with E-state index in [-0.39, 0.29) is 30.1 Å². The van der Waals surface area contributed by atoms with E-state index in [0.29, 0.717) is 17.3 Å². The third-order valence-corrected chi connectivity index (χ3v) is 7.22. The fourth-order valence-corrected chi connectivity index (χ4v) is 5.53. The first kappa shape index (κ1) is 23.9. The molecule has 5 rings (SSSR count). The van der Waals surface area contributed by atoms with Crippen LogP contribution in [0.5, 0.6) is 0 Å². The first-order valence-electron chi connectivity index (χ1n) is 11.7. The first-order chi connectivity index (χ1) is 17.4. The Bertz CT molecular complexity index is 1350. The van der Waals surface area contributed by atoms with Crippen molar-refractivity contribution in [2.24, 2.45) is 10.1 Å². The van der Waals surface area contributed by atoms with Crippen molar-refractivity contribution in [2.45, 2.75) is 38.0 Å². The highest BCUT2D eigenvalue weighted by molar-refractivity contribution is 8.15. The molecule has 0 spiro atoms. The van der Waals surface area contributed by atoms with E-state index >= 15 is 0 Å². The largest absolute Gasteiger partial charge is 0.326 e. The molecule has 0 aliphatic carbocycles. The molecule has 0 saturated heterocycles. The van der Waals surface area contributed by atoms with Crippen LogP contribution < -0.4 is 5.32 Å². The Balaban J connectivity index is 1.34. The number of hydrogen-bond donors (Lipinski definition) is 1. The van der Waals surface area contributed by atoms with E-state index in [4.69, 9.17) is 5.10 Å². The number of halogens is 1. The summed E-state index contributed by atoms with van der Waals surface area (Å²) in [6, 6.07) is 21.7. The molecule has 0 fully saturated rings. The number of amidine groups is 1. The number of hydrogen-bond acceptors (Lipinski definition) is 5. The molecular weight excluding hydrogens is 475 g/mol. The Morgan fingerprint density at radius 3 is 2.44 bits per heavy atom. The average Bonchev–Trinajstić information content (AvgIpc) is 3.43. The first-order valence-corrected chi connectivity index (χ1v) is 12.6. The van der Waals surface area contributed by atoms with Gasteiger partial charge < -0.3 is 5.32 Å². The zero-order valence-corrected chi connectivity index (χ0v) is 20.8. The number of aliphatic imine (C=N–C) groups is 1. The second kappa shape index (κ2) is 10.1. The monoisotopic (exact) mass is 500 g/mol. The van der Waals surface area contributed by atoms with Crippen molar-refractivity contribution in [3.8, 4) is 0 Å². The molecule has 0 aromatic heterocycles. The highest BCUT2D eigenvalue weighted by Gasteiger charge is 2.39. The van der Waals surface area contributed by atoms with E-state index in [1.807, 2.05) is 62.4 Å². The summed E-state index contributed by atoms with van der Waals surface area (Å²) in [6.45, 7) is 3.94. The van der Waals surface area contributed by atoms with Crippen LogP contribution in [0.2, 0.25) is 0 Å². The van der Waals surface area contributed by atoms with Crippen LogP contribution >= 0.6 is 11.8 Å². The summed E-state index contributed by atoms with van der Waals surface area (Å²) in [6.07, 6.45) is 0.592. The summed E-state index contributed by atoms with van der Waals surface area (Å²) >= 11 is 1.24. The number of nitrogens with zero attached hydrogens (tertiary/aromatic N) is 3. The van der Waals surface area contributed by atoms with Crippen LogP contribution in [0, 0.1) is 19.7 Å². The number of nitrogens with one attached hydrogen (secondary N) is 1. The van der Waals surface area contributed by atoms with Gasteiger partial charge in [-0.2, -0.15) is 10.1 Å². The average molecular weight is 501 g/mol. The number of hydrazone groups is 1. The topological polar surface area (TPSA) is 74.1 Å². The van der Waals surface area contributed by atoms with Crippen LogP contribution in [0.4, 0.5) is 10.1 Å². The smallest absolute Gasteiger partial charge is 0.262 e. The zero-order valence-electron chi connectivity index (χ0n) is 19.9. The number of carbonyl (C=O) groups is 2. The quantitative estimate of drug-likeness (QED) is 0.493. The molecule has 0 radical (unpaired) electrons. The minimum Gasteiger partial charge on any atom is -0.326 e. The molecule has 36 heavy (non-hydrogen) atoms. The molecule has 2 aliphatic heterocycles. The minimum absolute atomic E-state index is 0.00774. The molecule has 182 valence electrons. The lowest BCUT2D eigenvalue weighted by Crippen LogP contribution is -2.25. The van der Waals surface area contributed by atoms with Gasteiger partial charge in [0, 0.05) is 18.5 Å². The normalized spacial score (nSPS) is 19.3. The maximum atomic E-state index is 13.6. The SMILES string of the molecule is Cc1cc(C)cc(NC(=O)C[C@H]2SC(N3N=C(c4ccccc4)C[C@@H]3c3ccc(F)cc3)=NC2=O)c1. The highest BCUT2D eigenvalue weighted by Crippen LogP contribution is 2.38. The summed E-state index contributed by atoms with van der Waals surface area (Å²) in [5.74, 6) is -0.913. The molecule has 3 aromatic carbocycles. The zero-order chi connectivity index (χ0) is 25.2. The molecule has 8 heteroatoms. The second-order valence-electron chi connectivity index (χ2n) is 9.00. The van der Waals surface area contributed by atoms with Crippen LogP contribution in [-0.2, 0) is 9.59 Å². The Morgan fingerprint density at radius 1 is 1.06 bits per heavy atom. The summed E-state index contributed by atoms with van der Waals surface area (Å²) in [4.78, 5) is 29.7. The Labute approximate surface area is 213 Å². The molecule has 6 nitrogen and oxygen atoms in total. The summed E-state index contributed by atoms with van der Waals surface area (Å²) in [7, 11) is 0. The lowest BCUT2D eigenvalue weighted by Gasteiger charge is -2.23. The van der Waals surface area contributed by atoms with E-state index in [9.17, 15) is 14.0 Å². The van der Waals surface area contributed by atoms with Crippen molar-refractivity contribution >= 4 is 40.1 Å². The second-order valence-corrected chi connectivity index (χ2v) is 10.2. The predicted molar refractivity (Wildman–Crippen MR) is 142 cm³/mol. The van der Waals surface area contributed by atoms with Gasteiger partial charge in [-0.1, -0.05) is 60.3 Å². The van der Waals surface area contributed by atoms with Crippen molar-refractivity contribution in [1.82, 2.24) is 5.01 Å². The van der Waals surface area contributed by atoms with E-state index in [1.165, 1.54) is 23.9 Å². The van der Waals surface area contributed by atoms with Gasteiger partial charge in [-0.05, 0) is 60.4 Å². The summed E-state index contributed by atoms with van der Waals surface area (Å²) in [5, 5.41) is 9.26. The van der Waals surface area contributed by atoms with Gasteiger partial charge in [-0.25, -0.2) is 9.40 Å². The third-order valence-electron chi connectivity index (χ3n) is 6.07. The number of rotatable bonds is 5. The molecule has 1 N–H and O–H groups in total. The van der Waals surface area contributed by atoms with E-state index in [0.717, 1.165) is 28.0 Å². The molecule has 2 amide bonds. The van der Waals surface area contributed by atoms with Gasteiger partial charge in [0.1, 0.15) is 11.1 Å². The van der Waals surface area contributed by atoms with Gasteiger partial charge >= 0.3 is 0 Å². The standard InChI is InChI=1S/C28H25FN4O2S/c1-17-12-18(2)14-22(13-17)30-26(34)16-25-27(35)31-28(36-25)33-24(20-8-10-21(29)11-9-20)15-23(32-33)19-6-4-3-5-7-19/h3-14,24-25H,15-16H2,1-2H3,(H,30,34)/t24-,25-/m1/s1. The Hall–Kier alpha value is -3.78. The van der Waals surface area contributed by atoms with Crippen LogP contribution in [0.25, 0.3) is 0 Å². The lowest BCUT2D eigenvalue weighted by atomic mass is 9.99. The predicted octanol–water partition coefficient (Wildman–Crippen LogP) is 5.62. The summed E-state index contributed by atoms with van der Waals surface area (Å²) in [5.41, 5.74) is 5.52. The van der Waals surface area contributed by atoms with Crippen molar-refractivity contribution in [2.75, 3.05) is 5.32 Å². The molecule has 2 heterocycles. The third kappa shape index (κ3) is 5.23. The van der Waals surface area contributed by atoms with Gasteiger partial charge in [-0.3, -0.25) is 9.59 Å². The number of aryl methyl sites for hydroxylation is 2. The number of carbonyl (C=O) groups excluding carboxylic acids is 2. The fourth-order valence-electron chi connectivity index (χ4n) is 4.47. The molecule has 3 aromatic rings. The number of thioether (sulfide) groups is 1. The highest BCUT2D eigenvalue weighted by atomic mass is 32.2. The molecule has 2 aliphatic rings. The van der Waals surface area contributed by atoms with Crippen molar-refractivity contribution < 1.29 is 14.0 Å². The molecule has 0 bridgehead atoms. The van der Waals surface area contributed by atoms with Crippen LogP contribution in [0.15, 0.2) is 82.9 Å². The number of benzene rings is 3.